The molecule has 0 aromatic heterocycles. The smallest absolute Gasteiger partial charge is 0.326 e. The van der Waals surface area contributed by atoms with Crippen LogP contribution in [-0.2, 0) is 14.4 Å². The molecule has 176 valence electrons. The van der Waals surface area contributed by atoms with Gasteiger partial charge < -0.3 is 31.5 Å². The van der Waals surface area contributed by atoms with Crippen molar-refractivity contribution in [3.05, 3.63) is 29.8 Å². The summed E-state index contributed by atoms with van der Waals surface area (Å²) in [4.78, 5) is 55.5. The van der Waals surface area contributed by atoms with Crippen LogP contribution in [0.15, 0.2) is 29.3 Å². The summed E-state index contributed by atoms with van der Waals surface area (Å²) in [6.07, 6.45) is -1.10. The number of hydrogen-bond acceptors (Lipinski definition) is 9. The van der Waals surface area contributed by atoms with Crippen molar-refractivity contribution in [1.82, 2.24) is 20.9 Å². The summed E-state index contributed by atoms with van der Waals surface area (Å²) < 4.78 is 0. The number of carboxylic acid groups (broad SMARTS) is 2. The van der Waals surface area contributed by atoms with Crippen LogP contribution >= 0.6 is 0 Å². The van der Waals surface area contributed by atoms with Gasteiger partial charge in [-0.25, -0.2) is 4.79 Å². The predicted octanol–water partition coefficient (Wildman–Crippen LogP) is -2.08. The van der Waals surface area contributed by atoms with E-state index in [1.165, 1.54) is 12.1 Å². The molecular weight excluding hydrogens is 434 g/mol. The Hall–Kier alpha value is -3.71. The van der Waals surface area contributed by atoms with Gasteiger partial charge in [-0.05, 0) is 37.7 Å². The average Bonchev–Trinajstić information content (AvgIpc) is 2.93. The first-order chi connectivity index (χ1) is 15.6. The van der Waals surface area contributed by atoms with E-state index in [1.807, 2.05) is 16.8 Å². The van der Waals surface area contributed by atoms with Crippen LogP contribution < -0.4 is 26.6 Å². The van der Waals surface area contributed by atoms with Crippen LogP contribution in [0.5, 0.6) is 0 Å². The minimum absolute atomic E-state index is 0.0460. The maximum atomic E-state index is 13.1. The fraction of sp³-hybridized carbons (Fsp3) is 0.450. The third-order valence-corrected chi connectivity index (χ3v) is 6.37. The van der Waals surface area contributed by atoms with E-state index in [0.29, 0.717) is 18.8 Å². The molecule has 1 aromatic carbocycles. The quantitative estimate of drug-likeness (QED) is 0.262. The lowest BCUT2D eigenvalue weighted by molar-refractivity contribution is -0.140. The number of guanidine groups is 1. The van der Waals surface area contributed by atoms with Crippen molar-refractivity contribution in [3.8, 4) is 0 Å². The Bertz CT molecular complexity index is 1030. The molecule has 0 aliphatic carbocycles. The second-order valence-electron chi connectivity index (χ2n) is 8.23. The second-order valence-corrected chi connectivity index (χ2v) is 8.23. The van der Waals surface area contributed by atoms with Gasteiger partial charge in [0.25, 0.3) is 11.8 Å². The van der Waals surface area contributed by atoms with Gasteiger partial charge in [0.15, 0.2) is 5.96 Å². The van der Waals surface area contributed by atoms with E-state index >= 15 is 0 Å². The summed E-state index contributed by atoms with van der Waals surface area (Å²) in [5.74, 6) is -3.45. The van der Waals surface area contributed by atoms with Crippen LogP contribution in [0.3, 0.4) is 0 Å². The topological polar surface area (TPSA) is 190 Å². The van der Waals surface area contributed by atoms with Gasteiger partial charge in [-0.3, -0.25) is 24.6 Å². The van der Waals surface area contributed by atoms with Crippen LogP contribution in [0.4, 0.5) is 5.69 Å². The number of anilines is 1. The zero-order valence-corrected chi connectivity index (χ0v) is 17.8. The lowest BCUT2D eigenvalue weighted by Gasteiger charge is -2.50. The van der Waals surface area contributed by atoms with Crippen LogP contribution in [0, 0.1) is 0 Å². The van der Waals surface area contributed by atoms with Gasteiger partial charge in [0.1, 0.15) is 12.2 Å². The molecule has 1 spiro atoms. The van der Waals surface area contributed by atoms with Crippen LogP contribution in [0.1, 0.15) is 23.2 Å². The van der Waals surface area contributed by atoms with E-state index in [0.717, 1.165) is 0 Å². The van der Waals surface area contributed by atoms with E-state index in [9.17, 15) is 24.3 Å². The SMILES string of the molecule is CN1C2CNC3NC(N)=NC(=O)C31N(c1ccc(C(=O)NC(CCC(=O)O)C(=O)O)cc1)C2. The molecule has 1 aromatic rings. The third-order valence-electron chi connectivity index (χ3n) is 6.37. The number of nitrogens with two attached hydrogens (primary N) is 1. The molecule has 2 amide bonds. The molecule has 0 saturated carbocycles. The van der Waals surface area contributed by atoms with Gasteiger partial charge in [0.05, 0.1) is 0 Å². The van der Waals surface area contributed by atoms with E-state index < -0.39 is 41.6 Å². The highest BCUT2D eigenvalue weighted by molar-refractivity contribution is 6.03. The van der Waals surface area contributed by atoms with E-state index in [-0.39, 0.29) is 30.4 Å². The highest BCUT2D eigenvalue weighted by Gasteiger charge is 2.64. The molecule has 3 aliphatic heterocycles. The maximum Gasteiger partial charge on any atom is 0.326 e. The van der Waals surface area contributed by atoms with Gasteiger partial charge in [-0.1, -0.05) is 0 Å². The summed E-state index contributed by atoms with van der Waals surface area (Å²) in [5, 5.41) is 26.7. The minimum atomic E-state index is -1.32. The summed E-state index contributed by atoms with van der Waals surface area (Å²) in [7, 11) is 1.86. The predicted molar refractivity (Wildman–Crippen MR) is 115 cm³/mol. The van der Waals surface area contributed by atoms with E-state index in [2.05, 4.69) is 20.9 Å². The molecule has 4 unspecified atom stereocenters. The van der Waals surface area contributed by atoms with E-state index in [4.69, 9.17) is 10.8 Å². The number of amides is 2. The normalized spacial score (nSPS) is 27.2. The largest absolute Gasteiger partial charge is 0.481 e. The first-order valence-corrected chi connectivity index (χ1v) is 10.4. The fourth-order valence-electron chi connectivity index (χ4n) is 4.67. The third kappa shape index (κ3) is 3.74. The van der Waals surface area contributed by atoms with Crippen molar-refractivity contribution >= 4 is 35.4 Å². The van der Waals surface area contributed by atoms with Crippen molar-refractivity contribution in [3.63, 3.8) is 0 Å². The van der Waals surface area contributed by atoms with Crippen molar-refractivity contribution < 1.29 is 29.4 Å². The molecular formula is C20H25N7O6. The van der Waals surface area contributed by atoms with Gasteiger partial charge in [0, 0.05) is 36.8 Å². The van der Waals surface area contributed by atoms with Crippen LogP contribution in [0.25, 0.3) is 0 Å². The van der Waals surface area contributed by atoms with Crippen LogP contribution in [-0.4, -0.2) is 88.9 Å². The first kappa shape index (κ1) is 22.5. The minimum Gasteiger partial charge on any atom is -0.481 e. The summed E-state index contributed by atoms with van der Waals surface area (Å²) in [5.41, 5.74) is 5.53. The fourth-order valence-corrected chi connectivity index (χ4v) is 4.67. The molecule has 13 nitrogen and oxygen atoms in total. The summed E-state index contributed by atoms with van der Waals surface area (Å²) >= 11 is 0. The molecule has 7 N–H and O–H groups in total. The molecule has 3 heterocycles. The Morgan fingerprint density at radius 1 is 1.30 bits per heavy atom. The number of carbonyl (C=O) groups excluding carboxylic acids is 2. The number of nitrogens with one attached hydrogen (secondary N) is 3. The Kier molecular flexibility index (Phi) is 5.68. The molecule has 13 heteroatoms. The molecule has 4 rings (SSSR count). The molecule has 2 bridgehead atoms. The molecule has 3 aliphatic rings. The number of benzene rings is 1. The molecule has 2 fully saturated rings. The highest BCUT2D eigenvalue weighted by Crippen LogP contribution is 2.40. The number of piperazine rings is 1. The molecule has 33 heavy (non-hydrogen) atoms. The monoisotopic (exact) mass is 459 g/mol. The lowest BCUT2D eigenvalue weighted by Crippen LogP contribution is -2.79. The number of hydrogen-bond donors (Lipinski definition) is 6. The number of aliphatic imine (C=N–C) groups is 1. The molecule has 0 radical (unpaired) electrons. The highest BCUT2D eigenvalue weighted by atomic mass is 16.4. The van der Waals surface area contributed by atoms with Gasteiger partial charge >= 0.3 is 11.9 Å². The van der Waals surface area contributed by atoms with Crippen molar-refractivity contribution in [1.29, 1.82) is 0 Å². The van der Waals surface area contributed by atoms with Crippen molar-refractivity contribution in [2.75, 3.05) is 25.0 Å². The Morgan fingerprint density at radius 2 is 2.00 bits per heavy atom. The lowest BCUT2D eigenvalue weighted by atomic mass is 9.98. The number of carbonyl (C=O) groups is 4. The number of aliphatic carboxylic acids is 2. The number of rotatable bonds is 7. The standard InChI is InChI=1S/C20H25N7O6/c1-26-12-8-22-17-20(26,18(33)25-19(21)24-17)27(9-12)11-4-2-10(3-5-11)15(30)23-13(16(31)32)6-7-14(28)29/h2-5,12-13,17,22H,6-9H2,1H3,(H,23,30)(H,28,29)(H,31,32)(H3,21,24,25,33). The van der Waals surface area contributed by atoms with Crippen molar-refractivity contribution in [2.45, 2.75) is 36.8 Å². The Balaban J connectivity index is 1.56. The second kappa shape index (κ2) is 8.33. The van der Waals surface area contributed by atoms with Gasteiger partial charge in [0.2, 0.25) is 5.66 Å². The molecule has 2 saturated heterocycles. The van der Waals surface area contributed by atoms with Crippen molar-refractivity contribution in [2.24, 2.45) is 10.7 Å². The van der Waals surface area contributed by atoms with Gasteiger partial charge in [-0.15, -0.1) is 0 Å². The number of carboxylic acids is 2. The maximum absolute atomic E-state index is 13.1. The van der Waals surface area contributed by atoms with E-state index in [1.54, 1.807) is 12.1 Å². The molecule has 4 atom stereocenters. The summed E-state index contributed by atoms with van der Waals surface area (Å²) in [6.45, 7) is 1.19. The zero-order chi connectivity index (χ0) is 23.9. The average molecular weight is 459 g/mol. The Morgan fingerprint density at radius 3 is 2.64 bits per heavy atom. The summed E-state index contributed by atoms with van der Waals surface area (Å²) in [6, 6.07) is 5.14. The Labute approximate surface area is 188 Å². The van der Waals surface area contributed by atoms with Crippen LogP contribution in [0.2, 0.25) is 0 Å². The zero-order valence-electron chi connectivity index (χ0n) is 17.8. The first-order valence-electron chi connectivity index (χ1n) is 10.4. The number of fused-ring (bicyclic) bond motifs is 1. The number of likely N-dealkylation sites (N-methyl/N-ethyl adjacent to an activating group) is 1. The van der Waals surface area contributed by atoms with Gasteiger partial charge in [-0.2, -0.15) is 4.99 Å². The number of nitrogens with zero attached hydrogens (tertiary/aromatic N) is 3.